The van der Waals surface area contributed by atoms with E-state index in [9.17, 15) is 4.79 Å². The number of hydrogen-bond acceptors (Lipinski definition) is 4. The van der Waals surface area contributed by atoms with Crippen molar-refractivity contribution in [3.63, 3.8) is 0 Å². The normalized spacial score (nSPS) is 10.9. The summed E-state index contributed by atoms with van der Waals surface area (Å²) in [5.74, 6) is 0. The van der Waals surface area contributed by atoms with Crippen LogP contribution in [0, 0.1) is 6.92 Å². The molecule has 5 heteroatoms. The number of fused-ring (bicyclic) bond motifs is 1. The van der Waals surface area contributed by atoms with E-state index >= 15 is 0 Å². The third kappa shape index (κ3) is 1.93. The fourth-order valence-corrected chi connectivity index (χ4v) is 2.68. The molecule has 0 aliphatic rings. The minimum Gasteiger partial charge on any atom is -0.293 e. The van der Waals surface area contributed by atoms with Gasteiger partial charge in [0.05, 0.1) is 18.4 Å². The van der Waals surface area contributed by atoms with Gasteiger partial charge in [-0.15, -0.1) is 11.3 Å². The van der Waals surface area contributed by atoms with Crippen LogP contribution < -0.4 is 5.56 Å². The van der Waals surface area contributed by atoms with Crippen LogP contribution in [0.2, 0.25) is 0 Å². The molecular formula is C13H11N3OS. The first-order valence-corrected chi connectivity index (χ1v) is 6.45. The van der Waals surface area contributed by atoms with Crippen LogP contribution in [0.4, 0.5) is 0 Å². The van der Waals surface area contributed by atoms with Gasteiger partial charge in [0.2, 0.25) is 0 Å². The molecule has 3 aromatic heterocycles. The molecule has 0 spiro atoms. The van der Waals surface area contributed by atoms with E-state index in [1.807, 2.05) is 24.4 Å². The molecule has 0 N–H and O–H groups in total. The van der Waals surface area contributed by atoms with Crippen molar-refractivity contribution in [1.29, 1.82) is 0 Å². The van der Waals surface area contributed by atoms with Crippen LogP contribution in [0.25, 0.3) is 10.2 Å². The molecule has 0 unspecified atom stereocenters. The van der Waals surface area contributed by atoms with Crippen molar-refractivity contribution in [3.05, 3.63) is 57.7 Å². The molecule has 0 saturated carbocycles. The summed E-state index contributed by atoms with van der Waals surface area (Å²) in [6.45, 7) is 2.49. The average Bonchev–Trinajstić information content (AvgIpc) is 2.82. The van der Waals surface area contributed by atoms with Crippen LogP contribution in [-0.2, 0) is 6.54 Å². The zero-order chi connectivity index (χ0) is 12.5. The topological polar surface area (TPSA) is 47.8 Å². The number of pyridine rings is 1. The van der Waals surface area contributed by atoms with Gasteiger partial charge in [0, 0.05) is 12.4 Å². The third-order valence-corrected chi connectivity index (χ3v) is 3.61. The van der Waals surface area contributed by atoms with E-state index in [1.165, 1.54) is 11.3 Å². The van der Waals surface area contributed by atoms with Crippen LogP contribution in [0.15, 0.2) is 41.0 Å². The Kier molecular flexibility index (Phi) is 2.68. The van der Waals surface area contributed by atoms with Gasteiger partial charge in [-0.1, -0.05) is 6.07 Å². The number of aryl methyl sites for hydroxylation is 1. The van der Waals surface area contributed by atoms with Gasteiger partial charge < -0.3 is 0 Å². The van der Waals surface area contributed by atoms with Gasteiger partial charge in [0.15, 0.2) is 0 Å². The van der Waals surface area contributed by atoms with Gasteiger partial charge in [-0.05, 0) is 29.5 Å². The van der Waals surface area contributed by atoms with E-state index in [0.29, 0.717) is 11.2 Å². The lowest BCUT2D eigenvalue weighted by atomic mass is 10.2. The highest BCUT2D eigenvalue weighted by molar-refractivity contribution is 7.17. The number of thiophene rings is 1. The van der Waals surface area contributed by atoms with Gasteiger partial charge >= 0.3 is 0 Å². The molecule has 0 aliphatic heterocycles. The molecule has 18 heavy (non-hydrogen) atoms. The van der Waals surface area contributed by atoms with Crippen molar-refractivity contribution in [1.82, 2.24) is 14.5 Å². The number of nitrogens with zero attached hydrogens (tertiary/aromatic N) is 3. The Hall–Kier alpha value is -2.01. The van der Waals surface area contributed by atoms with Gasteiger partial charge in [0.1, 0.15) is 4.70 Å². The van der Waals surface area contributed by atoms with Crippen LogP contribution in [0.3, 0.4) is 0 Å². The Labute approximate surface area is 108 Å². The highest BCUT2D eigenvalue weighted by Gasteiger charge is 2.05. The smallest absolute Gasteiger partial charge is 0.271 e. The number of hydrogen-bond donors (Lipinski definition) is 0. The molecule has 3 rings (SSSR count). The predicted molar refractivity (Wildman–Crippen MR) is 72.0 cm³/mol. The van der Waals surface area contributed by atoms with Crippen molar-refractivity contribution in [2.24, 2.45) is 0 Å². The summed E-state index contributed by atoms with van der Waals surface area (Å²) in [6.07, 6.45) is 5.17. The lowest BCUT2D eigenvalue weighted by molar-refractivity contribution is 0.746. The maximum atomic E-state index is 12.2. The SMILES string of the molecule is Cc1cncc(Cn2cnc3ccsc3c2=O)c1. The minimum atomic E-state index is 0.0107. The summed E-state index contributed by atoms with van der Waals surface area (Å²) >= 11 is 1.43. The second-order valence-electron chi connectivity index (χ2n) is 4.18. The van der Waals surface area contributed by atoms with E-state index in [0.717, 1.165) is 16.6 Å². The van der Waals surface area contributed by atoms with Crippen molar-refractivity contribution < 1.29 is 0 Å². The molecule has 0 saturated heterocycles. The van der Waals surface area contributed by atoms with Crippen LogP contribution in [-0.4, -0.2) is 14.5 Å². The first-order valence-electron chi connectivity index (χ1n) is 5.57. The standard InChI is InChI=1S/C13H11N3OS/c1-9-4-10(6-14-5-9)7-16-8-15-11-2-3-18-12(11)13(16)17/h2-6,8H,7H2,1H3. The minimum absolute atomic E-state index is 0.0107. The Morgan fingerprint density at radius 3 is 3.11 bits per heavy atom. The zero-order valence-electron chi connectivity index (χ0n) is 9.83. The highest BCUT2D eigenvalue weighted by atomic mass is 32.1. The second-order valence-corrected chi connectivity index (χ2v) is 5.10. The Bertz CT molecular complexity index is 760. The molecule has 0 aromatic carbocycles. The summed E-state index contributed by atoms with van der Waals surface area (Å²) in [7, 11) is 0. The van der Waals surface area contributed by atoms with Crippen molar-refractivity contribution in [3.8, 4) is 0 Å². The maximum absolute atomic E-state index is 12.2. The molecule has 0 bridgehead atoms. The van der Waals surface area contributed by atoms with Crippen LogP contribution in [0.1, 0.15) is 11.1 Å². The average molecular weight is 257 g/mol. The predicted octanol–water partition coefficient (Wildman–Crippen LogP) is 2.21. The molecule has 0 aliphatic carbocycles. The van der Waals surface area contributed by atoms with Gasteiger partial charge in [-0.25, -0.2) is 4.98 Å². The Morgan fingerprint density at radius 1 is 1.39 bits per heavy atom. The quantitative estimate of drug-likeness (QED) is 0.707. The molecule has 0 radical (unpaired) electrons. The summed E-state index contributed by atoms with van der Waals surface area (Å²) in [5.41, 5.74) is 2.88. The number of aromatic nitrogens is 3. The van der Waals surface area contributed by atoms with E-state index in [4.69, 9.17) is 0 Å². The van der Waals surface area contributed by atoms with Gasteiger partial charge in [0.25, 0.3) is 5.56 Å². The molecule has 0 amide bonds. The monoisotopic (exact) mass is 257 g/mol. The van der Waals surface area contributed by atoms with Gasteiger partial charge in [-0.3, -0.25) is 14.3 Å². The molecule has 90 valence electrons. The molecule has 0 atom stereocenters. The summed E-state index contributed by atoms with van der Waals surface area (Å²) < 4.78 is 2.33. The van der Waals surface area contributed by atoms with E-state index in [2.05, 4.69) is 9.97 Å². The van der Waals surface area contributed by atoms with E-state index in [-0.39, 0.29) is 5.56 Å². The lowest BCUT2D eigenvalue weighted by Gasteiger charge is -2.05. The first-order chi connectivity index (χ1) is 8.74. The summed E-state index contributed by atoms with van der Waals surface area (Å²) in [5, 5.41) is 1.89. The van der Waals surface area contributed by atoms with Crippen molar-refractivity contribution in [2.75, 3.05) is 0 Å². The van der Waals surface area contributed by atoms with Crippen LogP contribution >= 0.6 is 11.3 Å². The third-order valence-electron chi connectivity index (χ3n) is 2.72. The van der Waals surface area contributed by atoms with E-state index in [1.54, 1.807) is 23.3 Å². The largest absolute Gasteiger partial charge is 0.293 e. The Morgan fingerprint density at radius 2 is 2.28 bits per heavy atom. The fraction of sp³-hybridized carbons (Fsp3) is 0.154. The lowest BCUT2D eigenvalue weighted by Crippen LogP contribution is -2.20. The van der Waals surface area contributed by atoms with Crippen molar-refractivity contribution >= 4 is 21.6 Å². The number of rotatable bonds is 2. The van der Waals surface area contributed by atoms with Gasteiger partial charge in [-0.2, -0.15) is 0 Å². The van der Waals surface area contributed by atoms with Crippen molar-refractivity contribution in [2.45, 2.75) is 13.5 Å². The molecule has 4 nitrogen and oxygen atoms in total. The molecule has 3 heterocycles. The van der Waals surface area contributed by atoms with E-state index < -0.39 is 0 Å². The summed E-state index contributed by atoms with van der Waals surface area (Å²) in [6, 6.07) is 3.89. The van der Waals surface area contributed by atoms with Crippen LogP contribution in [0.5, 0.6) is 0 Å². The summed E-state index contributed by atoms with van der Waals surface area (Å²) in [4.78, 5) is 20.6. The second kappa shape index (κ2) is 4.34. The zero-order valence-corrected chi connectivity index (χ0v) is 10.6. The first kappa shape index (κ1) is 11.1. The fourth-order valence-electron chi connectivity index (χ4n) is 1.89. The Balaban J connectivity index is 2.05. The molecular weight excluding hydrogens is 246 g/mol. The molecule has 3 aromatic rings. The highest BCUT2D eigenvalue weighted by Crippen LogP contribution is 2.13. The maximum Gasteiger partial charge on any atom is 0.271 e. The molecule has 0 fully saturated rings.